The maximum Gasteiger partial charge on any atom is 0.284 e. The Morgan fingerprint density at radius 3 is 2.61 bits per heavy atom. The second-order valence-corrected chi connectivity index (χ2v) is 4.99. The number of benzene rings is 1. The third kappa shape index (κ3) is 4.57. The van der Waals surface area contributed by atoms with Crippen LogP contribution in [0.4, 0.5) is 4.39 Å². The van der Waals surface area contributed by atoms with Crippen LogP contribution in [0, 0.1) is 12.7 Å². The van der Waals surface area contributed by atoms with Crippen molar-refractivity contribution < 1.29 is 13.6 Å². The fourth-order valence-corrected chi connectivity index (χ4v) is 2.00. The minimum absolute atomic E-state index is 0.117. The average molecular weight is 318 g/mol. The van der Waals surface area contributed by atoms with E-state index in [1.807, 2.05) is 0 Å². The molecule has 0 aliphatic carbocycles. The van der Waals surface area contributed by atoms with Gasteiger partial charge in [-0.2, -0.15) is 0 Å². The third-order valence-electron chi connectivity index (χ3n) is 3.24. The van der Waals surface area contributed by atoms with Crippen LogP contribution in [-0.4, -0.2) is 18.9 Å². The Bertz CT molecular complexity index is 725. The van der Waals surface area contributed by atoms with Gasteiger partial charge in [0.2, 0.25) is 0 Å². The summed E-state index contributed by atoms with van der Waals surface area (Å²) in [5.74, 6) is 0.416. The monoisotopic (exact) mass is 318 g/mol. The second-order valence-electron chi connectivity index (χ2n) is 4.99. The van der Waals surface area contributed by atoms with Gasteiger partial charge in [-0.05, 0) is 36.2 Å². The number of amides is 1. The molecule has 0 aliphatic heterocycles. The first-order valence-corrected chi connectivity index (χ1v) is 7.07. The maximum atomic E-state index is 13.2. The topological polar surface area (TPSA) is 92.6 Å². The summed E-state index contributed by atoms with van der Waals surface area (Å²) in [5.41, 5.74) is 6.67. The summed E-state index contributed by atoms with van der Waals surface area (Å²) >= 11 is 0. The normalized spacial score (nSPS) is 11.3. The number of rotatable bonds is 5. The Morgan fingerprint density at radius 1 is 1.26 bits per heavy atom. The zero-order chi connectivity index (χ0) is 16.8. The fourth-order valence-electron chi connectivity index (χ4n) is 2.00. The third-order valence-corrected chi connectivity index (χ3v) is 3.24. The summed E-state index contributed by atoms with van der Waals surface area (Å²) < 4.78 is 18.5. The molecule has 0 atom stereocenters. The molecule has 2 aromatic rings. The van der Waals surface area contributed by atoms with Crippen LogP contribution < -0.4 is 16.4 Å². The first-order chi connectivity index (χ1) is 11.0. The van der Waals surface area contributed by atoms with Gasteiger partial charge in [0.25, 0.3) is 5.91 Å². The predicted molar refractivity (Wildman–Crippen MR) is 85.4 cm³/mol. The molecule has 0 bridgehead atoms. The highest BCUT2D eigenvalue weighted by atomic mass is 19.1. The van der Waals surface area contributed by atoms with Crippen LogP contribution in [0.1, 0.15) is 27.4 Å². The number of hydrogen-bond donors (Lipinski definition) is 3. The minimum atomic E-state index is -0.606. The van der Waals surface area contributed by atoms with E-state index in [1.54, 1.807) is 32.2 Å². The molecule has 6 nitrogen and oxygen atoms in total. The Kier molecular flexibility index (Phi) is 5.35. The molecule has 122 valence electrons. The van der Waals surface area contributed by atoms with Gasteiger partial charge in [0, 0.05) is 13.6 Å². The molecule has 1 aromatic carbocycles. The number of furan rings is 1. The Labute approximate surface area is 133 Å². The molecule has 1 aromatic heterocycles. The number of primary amides is 1. The summed E-state index contributed by atoms with van der Waals surface area (Å²) in [7, 11) is 1.64. The highest BCUT2D eigenvalue weighted by molar-refractivity contribution is 5.89. The van der Waals surface area contributed by atoms with E-state index in [1.165, 1.54) is 12.1 Å². The van der Waals surface area contributed by atoms with Gasteiger partial charge in [-0.25, -0.2) is 4.39 Å². The Morgan fingerprint density at radius 2 is 2.00 bits per heavy atom. The van der Waals surface area contributed by atoms with Crippen LogP contribution in [0.3, 0.4) is 0 Å². The molecule has 0 spiro atoms. The highest BCUT2D eigenvalue weighted by Crippen LogP contribution is 2.09. The molecule has 2 rings (SSSR count). The molecule has 7 heteroatoms. The molecule has 0 saturated carbocycles. The molecule has 0 unspecified atom stereocenters. The van der Waals surface area contributed by atoms with Crippen molar-refractivity contribution in [3.63, 3.8) is 0 Å². The summed E-state index contributed by atoms with van der Waals surface area (Å²) in [6, 6.07) is 8.13. The zero-order valence-electron chi connectivity index (χ0n) is 13.0. The highest BCUT2D eigenvalue weighted by Gasteiger charge is 2.07. The standard InChI is InChI=1S/C16H19FN4O2/c1-10-7-11(3-5-13(10)17)8-20-16(19-2)21-9-12-4-6-14(23-12)15(18)22/h3-7H,8-9H2,1-2H3,(H2,18,22)(H2,19,20,21). The number of aliphatic imine (C=N–C) groups is 1. The molecule has 4 N–H and O–H groups in total. The van der Waals surface area contributed by atoms with Crippen LogP contribution in [0.2, 0.25) is 0 Å². The van der Waals surface area contributed by atoms with Gasteiger partial charge in [0.05, 0.1) is 6.54 Å². The quantitative estimate of drug-likeness (QED) is 0.578. The van der Waals surface area contributed by atoms with Gasteiger partial charge < -0.3 is 20.8 Å². The minimum Gasteiger partial charge on any atom is -0.454 e. The molecule has 1 heterocycles. The van der Waals surface area contributed by atoms with Crippen molar-refractivity contribution in [3.8, 4) is 0 Å². The van der Waals surface area contributed by atoms with Gasteiger partial charge in [-0.1, -0.05) is 12.1 Å². The first kappa shape index (κ1) is 16.5. The molecule has 0 fully saturated rings. The van der Waals surface area contributed by atoms with E-state index in [0.717, 1.165) is 5.56 Å². The predicted octanol–water partition coefficient (Wildman–Crippen LogP) is 1.69. The summed E-state index contributed by atoms with van der Waals surface area (Å²) in [5, 5.41) is 6.17. The molecular weight excluding hydrogens is 299 g/mol. The lowest BCUT2D eigenvalue weighted by Crippen LogP contribution is -2.36. The van der Waals surface area contributed by atoms with E-state index in [2.05, 4.69) is 15.6 Å². The number of nitrogens with two attached hydrogens (primary N) is 1. The van der Waals surface area contributed by atoms with Crippen LogP contribution in [0.25, 0.3) is 0 Å². The van der Waals surface area contributed by atoms with E-state index < -0.39 is 5.91 Å². The molecule has 0 aliphatic rings. The SMILES string of the molecule is CN=C(NCc1ccc(F)c(C)c1)NCc1ccc(C(N)=O)o1. The first-order valence-electron chi connectivity index (χ1n) is 7.07. The van der Waals surface area contributed by atoms with E-state index in [9.17, 15) is 9.18 Å². The molecule has 0 radical (unpaired) electrons. The Balaban J connectivity index is 1.87. The van der Waals surface area contributed by atoms with Crippen LogP contribution >= 0.6 is 0 Å². The van der Waals surface area contributed by atoms with E-state index >= 15 is 0 Å². The van der Waals surface area contributed by atoms with Gasteiger partial charge in [0.15, 0.2) is 11.7 Å². The Hall–Kier alpha value is -2.83. The number of aryl methyl sites for hydroxylation is 1. The van der Waals surface area contributed by atoms with Gasteiger partial charge in [-0.15, -0.1) is 0 Å². The lowest BCUT2D eigenvalue weighted by Gasteiger charge is -2.11. The van der Waals surface area contributed by atoms with E-state index in [-0.39, 0.29) is 11.6 Å². The van der Waals surface area contributed by atoms with Crippen molar-refractivity contribution in [1.29, 1.82) is 0 Å². The zero-order valence-corrected chi connectivity index (χ0v) is 13.0. The maximum absolute atomic E-state index is 13.2. The smallest absolute Gasteiger partial charge is 0.284 e. The molecule has 1 amide bonds. The van der Waals surface area contributed by atoms with Crippen LogP contribution in [0.5, 0.6) is 0 Å². The van der Waals surface area contributed by atoms with Gasteiger partial charge in [-0.3, -0.25) is 9.79 Å². The lowest BCUT2D eigenvalue weighted by molar-refractivity contribution is 0.0972. The van der Waals surface area contributed by atoms with Crippen molar-refractivity contribution in [1.82, 2.24) is 10.6 Å². The van der Waals surface area contributed by atoms with Crippen molar-refractivity contribution in [2.24, 2.45) is 10.7 Å². The number of nitrogens with zero attached hydrogens (tertiary/aromatic N) is 1. The summed E-state index contributed by atoms with van der Waals surface area (Å²) in [6.07, 6.45) is 0. The largest absolute Gasteiger partial charge is 0.454 e. The summed E-state index contributed by atoms with van der Waals surface area (Å²) in [4.78, 5) is 15.1. The van der Waals surface area contributed by atoms with Crippen molar-refractivity contribution >= 4 is 11.9 Å². The molecule has 23 heavy (non-hydrogen) atoms. The van der Waals surface area contributed by atoms with E-state index in [0.29, 0.717) is 30.4 Å². The summed E-state index contributed by atoms with van der Waals surface area (Å²) in [6.45, 7) is 2.58. The average Bonchev–Trinajstić information content (AvgIpc) is 3.00. The molecular formula is C16H19FN4O2. The van der Waals surface area contributed by atoms with Crippen molar-refractivity contribution in [3.05, 3.63) is 58.8 Å². The lowest BCUT2D eigenvalue weighted by atomic mass is 10.1. The second kappa shape index (κ2) is 7.44. The van der Waals surface area contributed by atoms with Crippen LogP contribution in [0.15, 0.2) is 39.7 Å². The number of nitrogens with one attached hydrogen (secondary N) is 2. The molecule has 0 saturated heterocycles. The van der Waals surface area contributed by atoms with Gasteiger partial charge >= 0.3 is 0 Å². The van der Waals surface area contributed by atoms with Crippen molar-refractivity contribution in [2.45, 2.75) is 20.0 Å². The fraction of sp³-hybridized carbons (Fsp3) is 0.250. The van der Waals surface area contributed by atoms with Gasteiger partial charge in [0.1, 0.15) is 11.6 Å². The number of guanidine groups is 1. The number of carbonyl (C=O) groups excluding carboxylic acids is 1. The number of halogens is 1. The van der Waals surface area contributed by atoms with Crippen LogP contribution in [-0.2, 0) is 13.1 Å². The van der Waals surface area contributed by atoms with Crippen molar-refractivity contribution in [2.75, 3.05) is 7.05 Å². The number of carbonyl (C=O) groups is 1. The van der Waals surface area contributed by atoms with E-state index in [4.69, 9.17) is 10.2 Å². The number of hydrogen-bond acceptors (Lipinski definition) is 3.